The first-order valence-corrected chi connectivity index (χ1v) is 7.08. The zero-order valence-electron chi connectivity index (χ0n) is 9.84. The van der Waals surface area contributed by atoms with Crippen molar-refractivity contribution in [1.82, 2.24) is 4.98 Å². The number of anilines is 1. The maximum absolute atomic E-state index is 12.9. The average Bonchev–Trinajstić information content (AvgIpc) is 2.17. The Balaban J connectivity index is 2.94. The number of carboxylic acid groups (broad SMARTS) is 1. The minimum absolute atomic E-state index is 0.0555. The molecule has 1 aromatic heterocycles. The Labute approximate surface area is 104 Å². The lowest BCUT2D eigenvalue weighted by molar-refractivity contribution is 0.0697. The molecule has 1 heterocycles. The van der Waals surface area contributed by atoms with Crippen LogP contribution in [0.4, 0.5) is 10.2 Å². The van der Waals surface area contributed by atoms with Crippen molar-refractivity contribution < 1.29 is 22.7 Å². The van der Waals surface area contributed by atoms with Crippen LogP contribution in [-0.4, -0.2) is 42.5 Å². The van der Waals surface area contributed by atoms with Crippen molar-refractivity contribution in [3.8, 4) is 0 Å². The number of nitrogens with zero attached hydrogens (tertiary/aromatic N) is 1. The summed E-state index contributed by atoms with van der Waals surface area (Å²) in [5.74, 6) is -2.34. The monoisotopic (exact) mass is 276 g/mol. The van der Waals surface area contributed by atoms with Gasteiger partial charge in [0.1, 0.15) is 27.0 Å². The van der Waals surface area contributed by atoms with Gasteiger partial charge in [-0.15, -0.1) is 0 Å². The van der Waals surface area contributed by atoms with Crippen molar-refractivity contribution in [2.24, 2.45) is 0 Å². The molecule has 0 spiro atoms. The fourth-order valence-electron chi connectivity index (χ4n) is 1.45. The van der Waals surface area contributed by atoms with Crippen molar-refractivity contribution in [3.63, 3.8) is 0 Å². The van der Waals surface area contributed by atoms with Crippen LogP contribution in [0.5, 0.6) is 0 Å². The van der Waals surface area contributed by atoms with E-state index < -0.39 is 27.7 Å². The topological polar surface area (TPSA) is 96.4 Å². The van der Waals surface area contributed by atoms with E-state index in [1.807, 2.05) is 0 Å². The normalized spacial score (nSPS) is 13.1. The molecule has 100 valence electrons. The summed E-state index contributed by atoms with van der Waals surface area (Å²) in [6.07, 6.45) is 1.93. The zero-order chi connectivity index (χ0) is 13.9. The van der Waals surface area contributed by atoms with Crippen LogP contribution >= 0.6 is 0 Å². The number of aromatic carboxylic acids is 1. The molecular weight excluding hydrogens is 263 g/mol. The third-order valence-corrected chi connectivity index (χ3v) is 3.13. The first kappa shape index (κ1) is 14.4. The first-order valence-electron chi connectivity index (χ1n) is 5.02. The Hall–Kier alpha value is -1.70. The van der Waals surface area contributed by atoms with E-state index in [0.29, 0.717) is 0 Å². The summed E-state index contributed by atoms with van der Waals surface area (Å²) < 4.78 is 35.0. The molecule has 0 aliphatic heterocycles. The minimum atomic E-state index is -3.20. The van der Waals surface area contributed by atoms with Crippen LogP contribution in [0.15, 0.2) is 12.3 Å². The molecule has 2 N–H and O–H groups in total. The van der Waals surface area contributed by atoms with Gasteiger partial charge in [0.15, 0.2) is 0 Å². The van der Waals surface area contributed by atoms with Gasteiger partial charge in [-0.1, -0.05) is 0 Å². The van der Waals surface area contributed by atoms with E-state index in [-0.39, 0.29) is 17.1 Å². The van der Waals surface area contributed by atoms with Crippen LogP contribution in [0.1, 0.15) is 17.3 Å². The Bertz CT molecular complexity index is 559. The lowest BCUT2D eigenvalue weighted by Gasteiger charge is -2.14. The van der Waals surface area contributed by atoms with Gasteiger partial charge in [-0.05, 0) is 13.0 Å². The Morgan fingerprint density at radius 2 is 2.22 bits per heavy atom. The third-order valence-electron chi connectivity index (χ3n) is 2.02. The number of aromatic nitrogens is 1. The average molecular weight is 276 g/mol. The molecule has 0 fully saturated rings. The van der Waals surface area contributed by atoms with E-state index in [1.54, 1.807) is 6.92 Å². The summed E-state index contributed by atoms with van der Waals surface area (Å²) >= 11 is 0. The molecule has 1 rings (SSSR count). The quantitative estimate of drug-likeness (QED) is 0.824. The van der Waals surface area contributed by atoms with E-state index in [0.717, 1.165) is 18.5 Å². The molecule has 0 aliphatic rings. The van der Waals surface area contributed by atoms with Gasteiger partial charge in [0.05, 0.1) is 11.9 Å². The Morgan fingerprint density at radius 1 is 1.61 bits per heavy atom. The molecule has 1 aromatic rings. The van der Waals surface area contributed by atoms with Crippen molar-refractivity contribution in [2.75, 3.05) is 17.3 Å². The molecule has 6 nitrogen and oxygen atoms in total. The molecule has 0 saturated carbocycles. The van der Waals surface area contributed by atoms with Crippen LogP contribution in [0.25, 0.3) is 0 Å². The largest absolute Gasteiger partial charge is 0.478 e. The van der Waals surface area contributed by atoms with Gasteiger partial charge in [0, 0.05) is 12.3 Å². The van der Waals surface area contributed by atoms with Gasteiger partial charge >= 0.3 is 5.97 Å². The molecule has 0 amide bonds. The van der Waals surface area contributed by atoms with Crippen molar-refractivity contribution in [1.29, 1.82) is 0 Å². The van der Waals surface area contributed by atoms with Crippen LogP contribution in [0, 0.1) is 5.82 Å². The highest BCUT2D eigenvalue weighted by molar-refractivity contribution is 7.90. The number of carbonyl (C=O) groups is 1. The Kier molecular flexibility index (Phi) is 4.23. The molecule has 0 bridgehead atoms. The molecule has 0 radical (unpaired) electrons. The van der Waals surface area contributed by atoms with Gasteiger partial charge in [0.2, 0.25) is 0 Å². The molecule has 0 saturated heterocycles. The number of nitrogens with one attached hydrogen (secondary N) is 1. The summed E-state index contributed by atoms with van der Waals surface area (Å²) in [5, 5.41) is 11.5. The van der Waals surface area contributed by atoms with E-state index in [1.165, 1.54) is 0 Å². The zero-order valence-corrected chi connectivity index (χ0v) is 10.7. The Morgan fingerprint density at radius 3 is 2.72 bits per heavy atom. The summed E-state index contributed by atoms with van der Waals surface area (Å²) in [4.78, 5) is 14.5. The van der Waals surface area contributed by atoms with Crippen molar-refractivity contribution >= 4 is 21.6 Å². The molecule has 1 unspecified atom stereocenters. The number of hydrogen-bond donors (Lipinski definition) is 2. The number of sulfone groups is 1. The highest BCUT2D eigenvalue weighted by atomic mass is 32.2. The first-order chi connectivity index (χ1) is 8.19. The van der Waals surface area contributed by atoms with Crippen LogP contribution in [-0.2, 0) is 9.84 Å². The molecule has 1 atom stereocenters. The smallest absolute Gasteiger partial charge is 0.339 e. The van der Waals surface area contributed by atoms with Crippen molar-refractivity contribution in [3.05, 3.63) is 23.6 Å². The third kappa shape index (κ3) is 4.28. The van der Waals surface area contributed by atoms with Crippen LogP contribution in [0.3, 0.4) is 0 Å². The van der Waals surface area contributed by atoms with Gasteiger partial charge in [-0.25, -0.2) is 22.6 Å². The summed E-state index contributed by atoms with van der Waals surface area (Å²) in [6, 6.07) is 0.293. The van der Waals surface area contributed by atoms with Crippen LogP contribution in [0.2, 0.25) is 0 Å². The molecular formula is C10H13FN2O4S. The number of hydrogen-bond acceptors (Lipinski definition) is 5. The number of carboxylic acids is 1. The molecule has 0 aliphatic carbocycles. The number of halogens is 1. The van der Waals surface area contributed by atoms with E-state index >= 15 is 0 Å². The van der Waals surface area contributed by atoms with Gasteiger partial charge in [-0.3, -0.25) is 0 Å². The SMILES string of the molecule is CC(CS(C)(=O)=O)Nc1ncc(F)cc1C(=O)O. The predicted octanol–water partition coefficient (Wildman–Crippen LogP) is 0.764. The summed E-state index contributed by atoms with van der Waals surface area (Å²) in [5.41, 5.74) is -0.338. The lowest BCUT2D eigenvalue weighted by Crippen LogP contribution is -2.26. The van der Waals surface area contributed by atoms with Gasteiger partial charge in [0.25, 0.3) is 0 Å². The fourth-order valence-corrected chi connectivity index (χ4v) is 2.44. The van der Waals surface area contributed by atoms with Crippen LogP contribution < -0.4 is 5.32 Å². The predicted molar refractivity (Wildman–Crippen MR) is 63.9 cm³/mol. The second-order valence-corrected chi connectivity index (χ2v) is 6.18. The highest BCUT2D eigenvalue weighted by Gasteiger charge is 2.16. The molecule has 0 aromatic carbocycles. The maximum Gasteiger partial charge on any atom is 0.339 e. The second-order valence-electron chi connectivity index (χ2n) is 3.99. The lowest BCUT2D eigenvalue weighted by atomic mass is 10.2. The van der Waals surface area contributed by atoms with Gasteiger partial charge < -0.3 is 10.4 Å². The minimum Gasteiger partial charge on any atom is -0.478 e. The van der Waals surface area contributed by atoms with E-state index in [2.05, 4.69) is 10.3 Å². The number of rotatable bonds is 5. The van der Waals surface area contributed by atoms with E-state index in [4.69, 9.17) is 5.11 Å². The highest BCUT2D eigenvalue weighted by Crippen LogP contribution is 2.15. The molecule has 18 heavy (non-hydrogen) atoms. The van der Waals surface area contributed by atoms with E-state index in [9.17, 15) is 17.6 Å². The summed E-state index contributed by atoms with van der Waals surface area (Å²) in [6.45, 7) is 1.57. The molecule has 8 heteroatoms. The number of pyridine rings is 1. The summed E-state index contributed by atoms with van der Waals surface area (Å²) in [7, 11) is -3.20. The van der Waals surface area contributed by atoms with Crippen molar-refractivity contribution in [2.45, 2.75) is 13.0 Å². The fraction of sp³-hybridized carbons (Fsp3) is 0.400. The maximum atomic E-state index is 12.9. The second kappa shape index (κ2) is 5.30. The van der Waals surface area contributed by atoms with Gasteiger partial charge in [-0.2, -0.15) is 0 Å². The standard InChI is InChI=1S/C10H13FN2O4S/c1-6(5-18(2,16)17)13-9-8(10(14)15)3-7(11)4-12-9/h3-4,6H,5H2,1-2H3,(H,12,13)(H,14,15).